The molecular formula is C80H48HfO4. The summed E-state index contributed by atoms with van der Waals surface area (Å²) in [6, 6.07) is 96.1. The van der Waals surface area contributed by atoms with Crippen LogP contribution in [0.5, 0.6) is 23.0 Å². The van der Waals surface area contributed by atoms with Crippen LogP contribution in [-0.4, -0.2) is 0 Å². The van der Waals surface area contributed by atoms with Gasteiger partial charge in [-0.1, -0.05) is 290 Å². The second-order valence-electron chi connectivity index (χ2n) is 21.5. The van der Waals surface area contributed by atoms with Crippen LogP contribution in [0.2, 0.25) is 0 Å². The maximum atomic E-state index is 14.9. The van der Waals surface area contributed by atoms with Crippen LogP contribution in [0.15, 0.2) is 291 Å². The molecule has 0 aliphatic rings. The molecule has 0 radical (unpaired) electrons. The van der Waals surface area contributed by atoms with E-state index in [2.05, 4.69) is 48.5 Å². The van der Waals surface area contributed by atoms with Crippen LogP contribution in [-0.2, 0) is 25.8 Å². The molecule has 396 valence electrons. The standard InChI is InChI=1S/2C40H26O2.Hf/c2*41-39-35-29(21-19-27-15-7-9-17-31(27)35)23-33(25-11-3-1-4-12-25)37(39)38-34(26-13-5-2-6-14-26)24-30-22-20-28-16-8-10-18-32(28)36(30)40(38)42;/h2*1-24,41-42H;/q;;+4/p-4. The molecule has 0 atom stereocenters. The third-order valence-electron chi connectivity index (χ3n) is 16.8. The monoisotopic (exact) mass is 1250 g/mol. The van der Waals surface area contributed by atoms with Gasteiger partial charge in [-0.3, -0.25) is 0 Å². The van der Waals surface area contributed by atoms with E-state index in [9.17, 15) is 20.4 Å². The molecule has 85 heavy (non-hydrogen) atoms. The Morgan fingerprint density at radius 1 is 0.176 bits per heavy atom. The minimum atomic E-state index is -0.128. The average Bonchev–Trinajstić information content (AvgIpc) is 1.17. The molecule has 0 bridgehead atoms. The van der Waals surface area contributed by atoms with E-state index in [1.54, 1.807) is 0 Å². The molecule has 0 aliphatic heterocycles. The molecule has 0 aliphatic carbocycles. The van der Waals surface area contributed by atoms with Gasteiger partial charge in [-0.15, -0.1) is 0 Å². The molecule has 0 amide bonds. The molecule has 16 aromatic rings. The van der Waals surface area contributed by atoms with Gasteiger partial charge >= 0.3 is 25.8 Å². The van der Waals surface area contributed by atoms with Gasteiger partial charge in [0, 0.05) is 0 Å². The molecule has 0 aromatic heterocycles. The number of hydrogen-bond acceptors (Lipinski definition) is 4. The zero-order valence-corrected chi connectivity index (χ0v) is 49.4. The predicted molar refractivity (Wildman–Crippen MR) is 343 cm³/mol. The van der Waals surface area contributed by atoms with Gasteiger partial charge in [0.2, 0.25) is 0 Å². The smallest absolute Gasteiger partial charge is 0.872 e. The third-order valence-corrected chi connectivity index (χ3v) is 16.8. The molecule has 4 nitrogen and oxygen atoms in total. The second-order valence-corrected chi connectivity index (χ2v) is 21.5. The zero-order valence-electron chi connectivity index (χ0n) is 45.8. The third kappa shape index (κ3) is 8.95. The van der Waals surface area contributed by atoms with Crippen molar-refractivity contribution in [3.63, 3.8) is 0 Å². The Kier molecular flexibility index (Phi) is 13.5. The zero-order chi connectivity index (χ0) is 56.4. The maximum absolute atomic E-state index is 14.9. The summed E-state index contributed by atoms with van der Waals surface area (Å²) in [6.07, 6.45) is 0. The largest absolute Gasteiger partial charge is 4.00 e. The normalized spacial score (nSPS) is 11.4. The van der Waals surface area contributed by atoms with Crippen LogP contribution in [0.25, 0.3) is 153 Å². The fourth-order valence-corrected chi connectivity index (χ4v) is 12.9. The van der Waals surface area contributed by atoms with Crippen molar-refractivity contribution in [2.45, 2.75) is 0 Å². The average molecular weight is 1250 g/mol. The van der Waals surface area contributed by atoms with Crippen molar-refractivity contribution >= 4 is 86.2 Å². The van der Waals surface area contributed by atoms with Crippen LogP contribution < -0.4 is 20.4 Å². The van der Waals surface area contributed by atoms with Gasteiger partial charge in [-0.05, 0) is 177 Å². The fourth-order valence-electron chi connectivity index (χ4n) is 12.9. The Morgan fingerprint density at radius 2 is 0.353 bits per heavy atom. The molecule has 0 fully saturated rings. The van der Waals surface area contributed by atoms with Crippen molar-refractivity contribution in [1.29, 1.82) is 0 Å². The van der Waals surface area contributed by atoms with E-state index in [4.69, 9.17) is 0 Å². The van der Waals surface area contributed by atoms with Gasteiger partial charge in [0.05, 0.1) is 0 Å². The number of fused-ring (bicyclic) bond motifs is 12. The van der Waals surface area contributed by atoms with Crippen LogP contribution in [0.4, 0.5) is 0 Å². The molecule has 0 spiro atoms. The number of rotatable bonds is 6. The first kappa shape index (κ1) is 52.7. The fraction of sp³-hybridized carbons (Fsp3) is 0. The minimum Gasteiger partial charge on any atom is -0.872 e. The van der Waals surface area contributed by atoms with Crippen molar-refractivity contribution in [1.82, 2.24) is 0 Å². The summed E-state index contributed by atoms with van der Waals surface area (Å²) in [5.74, 6) is -0.511. The summed E-state index contributed by atoms with van der Waals surface area (Å²) in [5, 5.41) is 73.3. The molecule has 0 saturated heterocycles. The quantitative estimate of drug-likeness (QED) is 0.122. The summed E-state index contributed by atoms with van der Waals surface area (Å²) >= 11 is 0. The van der Waals surface area contributed by atoms with Gasteiger partial charge in [-0.25, -0.2) is 0 Å². The Hall–Kier alpha value is -10.3. The minimum absolute atomic E-state index is 0. The molecule has 0 N–H and O–H groups in total. The van der Waals surface area contributed by atoms with Crippen molar-refractivity contribution in [3.05, 3.63) is 291 Å². The summed E-state index contributed by atoms with van der Waals surface area (Å²) in [4.78, 5) is 0. The molecule has 16 aromatic carbocycles. The molecule has 16 rings (SSSR count). The van der Waals surface area contributed by atoms with Crippen LogP contribution in [0.1, 0.15) is 0 Å². The summed E-state index contributed by atoms with van der Waals surface area (Å²) in [6.45, 7) is 0. The van der Waals surface area contributed by atoms with Gasteiger partial charge < -0.3 is 20.4 Å². The number of benzene rings is 16. The molecule has 5 heteroatoms. The summed E-state index contributed by atoms with van der Waals surface area (Å²) in [5.41, 5.74) is 8.43. The summed E-state index contributed by atoms with van der Waals surface area (Å²) in [7, 11) is 0. The van der Waals surface area contributed by atoms with E-state index < -0.39 is 0 Å². The van der Waals surface area contributed by atoms with Crippen molar-refractivity contribution in [3.8, 4) is 89.8 Å². The van der Waals surface area contributed by atoms with E-state index in [0.29, 0.717) is 43.8 Å². The first-order valence-electron chi connectivity index (χ1n) is 28.2. The van der Waals surface area contributed by atoms with E-state index in [1.165, 1.54) is 0 Å². The predicted octanol–water partition coefficient (Wildman–Crippen LogP) is 18.9. The van der Waals surface area contributed by atoms with Gasteiger partial charge in [0.15, 0.2) is 0 Å². The van der Waals surface area contributed by atoms with E-state index in [0.717, 1.165) is 109 Å². The molecule has 0 heterocycles. The van der Waals surface area contributed by atoms with Crippen LogP contribution in [0, 0.1) is 0 Å². The second kappa shape index (κ2) is 21.8. The Labute approximate surface area is 509 Å². The molecule has 0 unspecified atom stereocenters. The Balaban J connectivity index is 0.000000149. The summed E-state index contributed by atoms with van der Waals surface area (Å²) < 4.78 is 0. The van der Waals surface area contributed by atoms with Gasteiger partial charge in [-0.2, -0.15) is 0 Å². The molecule has 0 saturated carbocycles. The Bertz CT molecular complexity index is 4610. The Morgan fingerprint density at radius 3 is 0.565 bits per heavy atom. The maximum Gasteiger partial charge on any atom is 4.00 e. The topological polar surface area (TPSA) is 92.2 Å². The van der Waals surface area contributed by atoms with Gasteiger partial charge in [0.25, 0.3) is 0 Å². The first-order valence-corrected chi connectivity index (χ1v) is 28.2. The van der Waals surface area contributed by atoms with E-state index in [1.807, 2.05) is 243 Å². The van der Waals surface area contributed by atoms with Gasteiger partial charge in [0.1, 0.15) is 0 Å². The first-order chi connectivity index (χ1) is 41.4. The van der Waals surface area contributed by atoms with Crippen molar-refractivity contribution < 1.29 is 46.3 Å². The SMILES string of the molecule is [Hf+4].[O-]c1c(-c2c(-c3ccccc3)cc3ccc4ccccc4c3c2[O-])c(-c2ccccc2)cc2ccc3ccccc3c12.[O-]c1c(-c2c(-c3ccccc3)cc3ccc4ccccc4c3c2[O-])c(-c2ccccc2)cc2ccc3ccccc3c12. The van der Waals surface area contributed by atoms with Crippen LogP contribution in [0.3, 0.4) is 0 Å². The van der Waals surface area contributed by atoms with Crippen LogP contribution >= 0.6 is 0 Å². The van der Waals surface area contributed by atoms with E-state index in [-0.39, 0.29) is 48.8 Å². The van der Waals surface area contributed by atoms with E-state index >= 15 is 0 Å². The van der Waals surface area contributed by atoms with Crippen molar-refractivity contribution in [2.24, 2.45) is 0 Å². The molecular weight excluding hydrogens is 1200 g/mol. The van der Waals surface area contributed by atoms with Crippen molar-refractivity contribution in [2.75, 3.05) is 0 Å². The number of hydrogen-bond donors (Lipinski definition) is 0.